The second-order valence-corrected chi connectivity index (χ2v) is 14.7. The molecule has 0 aliphatic rings. The highest BCUT2D eigenvalue weighted by Gasteiger charge is 2.22. The first kappa shape index (κ1) is 51.9. The predicted octanol–water partition coefficient (Wildman–Crippen LogP) is 11.6. The van der Waals surface area contributed by atoms with Crippen LogP contribution in [0.3, 0.4) is 0 Å². The molecule has 10 heteroatoms. The summed E-state index contributed by atoms with van der Waals surface area (Å²) in [5.41, 5.74) is 0. The van der Waals surface area contributed by atoms with Crippen LogP contribution in [0.2, 0.25) is 0 Å². The predicted molar refractivity (Wildman–Crippen MR) is 226 cm³/mol. The largest absolute Gasteiger partial charge is 0.469 e. The number of carbonyl (C=O) groups is 2. The Kier molecular flexibility index (Phi) is 37.0. The van der Waals surface area contributed by atoms with Crippen molar-refractivity contribution in [3.8, 4) is 0 Å². The van der Waals surface area contributed by atoms with Gasteiger partial charge in [-0.05, 0) is 83.5 Å². The molecule has 0 aliphatic carbocycles. The Bertz CT molecular complexity index is 1220. The minimum atomic E-state index is -4.79. The Morgan fingerprint density at radius 3 is 1.62 bits per heavy atom. The standard InChI is InChI=1S/C45H73O9P/c1-3-5-7-8-9-10-11-12-13-14-15-16-17-18-21-24-27-30-34-38-44(47)52-40-43(41-53-55(49,50)51)54-45(48)39-35-31-28-25-22-19-20-23-26-29-33-37-42(46)36-32-6-4-2/h9-10,12-13,15-16,18-21,25-26,28-29,33,37,42-43,46H,3-8,11,14,17,22-24,27,30-32,34-36,38-41H2,1-2H3,(H2,49,50,51)/b10-9-,13-12-,16-15-,20-19-,21-18-,28-25-,29-26-,37-33+/t42-,43+/m0/s1. The molecule has 0 aliphatic heterocycles. The molecule has 9 nitrogen and oxygen atoms in total. The molecule has 0 radical (unpaired) electrons. The fraction of sp³-hybridized carbons (Fsp3) is 0.600. The average Bonchev–Trinajstić information content (AvgIpc) is 3.15. The van der Waals surface area contributed by atoms with Crippen molar-refractivity contribution in [2.75, 3.05) is 13.2 Å². The van der Waals surface area contributed by atoms with E-state index in [1.807, 2.05) is 36.5 Å². The number of rotatable bonds is 36. The highest BCUT2D eigenvalue weighted by molar-refractivity contribution is 7.46. The molecule has 0 amide bonds. The summed E-state index contributed by atoms with van der Waals surface area (Å²) >= 11 is 0. The molecule has 0 aromatic carbocycles. The third kappa shape index (κ3) is 41.9. The zero-order chi connectivity index (χ0) is 40.5. The fourth-order valence-corrected chi connectivity index (χ4v) is 5.41. The maximum absolute atomic E-state index is 12.4. The number of phosphoric ester groups is 1. The van der Waals surface area contributed by atoms with Crippen LogP contribution in [0.1, 0.15) is 149 Å². The van der Waals surface area contributed by atoms with Crippen molar-refractivity contribution in [3.63, 3.8) is 0 Å². The van der Waals surface area contributed by atoms with E-state index in [-0.39, 0.29) is 25.6 Å². The number of esters is 2. The van der Waals surface area contributed by atoms with Crippen LogP contribution in [0, 0.1) is 0 Å². The summed E-state index contributed by atoms with van der Waals surface area (Å²) in [7, 11) is -4.79. The Morgan fingerprint density at radius 2 is 1.05 bits per heavy atom. The zero-order valence-electron chi connectivity index (χ0n) is 33.9. The molecule has 0 bridgehead atoms. The van der Waals surface area contributed by atoms with Gasteiger partial charge in [0.1, 0.15) is 6.61 Å². The van der Waals surface area contributed by atoms with E-state index in [2.05, 4.69) is 79.1 Å². The van der Waals surface area contributed by atoms with Crippen LogP contribution in [0.5, 0.6) is 0 Å². The number of carbonyl (C=O) groups excluding carboxylic acids is 2. The molecule has 0 rings (SSSR count). The number of aliphatic hydroxyl groups excluding tert-OH is 1. The molecule has 55 heavy (non-hydrogen) atoms. The third-order valence-electron chi connectivity index (χ3n) is 8.18. The van der Waals surface area contributed by atoms with Gasteiger partial charge in [0.15, 0.2) is 6.10 Å². The lowest BCUT2D eigenvalue weighted by Crippen LogP contribution is -2.29. The van der Waals surface area contributed by atoms with Gasteiger partial charge in [0.25, 0.3) is 0 Å². The van der Waals surface area contributed by atoms with Crippen LogP contribution in [-0.2, 0) is 28.2 Å². The van der Waals surface area contributed by atoms with Crippen molar-refractivity contribution in [1.82, 2.24) is 0 Å². The number of unbranched alkanes of at least 4 members (excludes halogenated alkanes) is 9. The Hall–Kier alpha value is -3.07. The van der Waals surface area contributed by atoms with Gasteiger partial charge in [0.05, 0.1) is 12.7 Å². The Labute approximate surface area is 333 Å². The van der Waals surface area contributed by atoms with Crippen LogP contribution in [-0.4, -0.2) is 52.3 Å². The summed E-state index contributed by atoms with van der Waals surface area (Å²) in [6.07, 6.45) is 50.3. The summed E-state index contributed by atoms with van der Waals surface area (Å²) in [4.78, 5) is 42.8. The molecule has 3 N–H and O–H groups in total. The van der Waals surface area contributed by atoms with Crippen molar-refractivity contribution in [1.29, 1.82) is 0 Å². The SMILES string of the molecule is CCCCC/C=C\C/C=C\C/C=C\C/C=C\CCCCCC(=O)OC[C@H](COP(=O)(O)O)OC(=O)CCC/C=C\C/C=C\C/C=C\C=C\[C@@H](O)CCCCC. The lowest BCUT2D eigenvalue weighted by molar-refractivity contribution is -0.161. The topological polar surface area (TPSA) is 140 Å². The molecular weight excluding hydrogens is 715 g/mol. The van der Waals surface area contributed by atoms with E-state index in [4.69, 9.17) is 19.3 Å². The molecule has 0 spiro atoms. The molecule has 0 fully saturated rings. The van der Waals surface area contributed by atoms with E-state index < -0.39 is 32.5 Å². The summed E-state index contributed by atoms with van der Waals surface area (Å²) < 4.78 is 26.3. The van der Waals surface area contributed by atoms with Crippen LogP contribution in [0.15, 0.2) is 97.2 Å². The molecule has 312 valence electrons. The number of phosphoric acid groups is 1. The van der Waals surface area contributed by atoms with Crippen molar-refractivity contribution < 1.29 is 43.0 Å². The van der Waals surface area contributed by atoms with E-state index >= 15 is 0 Å². The van der Waals surface area contributed by atoms with E-state index in [1.165, 1.54) is 25.7 Å². The van der Waals surface area contributed by atoms with Crippen LogP contribution >= 0.6 is 7.82 Å². The van der Waals surface area contributed by atoms with Crippen LogP contribution in [0.25, 0.3) is 0 Å². The molecular formula is C45H73O9P. The summed E-state index contributed by atoms with van der Waals surface area (Å²) in [5.74, 6) is -1.02. The Morgan fingerprint density at radius 1 is 0.564 bits per heavy atom. The van der Waals surface area contributed by atoms with Gasteiger partial charge in [-0.15, -0.1) is 0 Å². The van der Waals surface area contributed by atoms with Gasteiger partial charge in [-0.1, -0.05) is 150 Å². The molecule has 0 unspecified atom stereocenters. The van der Waals surface area contributed by atoms with Gasteiger partial charge < -0.3 is 24.4 Å². The monoisotopic (exact) mass is 788 g/mol. The van der Waals surface area contributed by atoms with Crippen molar-refractivity contribution >= 4 is 19.8 Å². The van der Waals surface area contributed by atoms with Gasteiger partial charge >= 0.3 is 19.8 Å². The number of ether oxygens (including phenoxy) is 2. The number of hydrogen-bond acceptors (Lipinski definition) is 7. The van der Waals surface area contributed by atoms with Gasteiger partial charge in [-0.2, -0.15) is 0 Å². The van der Waals surface area contributed by atoms with Crippen LogP contribution < -0.4 is 0 Å². The first-order valence-electron chi connectivity index (χ1n) is 20.6. The van der Waals surface area contributed by atoms with E-state index in [0.717, 1.165) is 77.0 Å². The molecule has 2 atom stereocenters. The third-order valence-corrected chi connectivity index (χ3v) is 8.66. The molecule has 0 saturated heterocycles. The van der Waals surface area contributed by atoms with Gasteiger partial charge in [-0.25, -0.2) is 4.57 Å². The lowest BCUT2D eigenvalue weighted by atomic mass is 10.1. The van der Waals surface area contributed by atoms with Gasteiger partial charge in [0.2, 0.25) is 0 Å². The highest BCUT2D eigenvalue weighted by atomic mass is 31.2. The Balaban J connectivity index is 4.16. The summed E-state index contributed by atoms with van der Waals surface area (Å²) in [5, 5.41) is 9.87. The highest BCUT2D eigenvalue weighted by Crippen LogP contribution is 2.36. The van der Waals surface area contributed by atoms with Crippen molar-refractivity contribution in [3.05, 3.63) is 97.2 Å². The molecule has 0 aromatic heterocycles. The molecule has 0 aromatic rings. The van der Waals surface area contributed by atoms with Crippen molar-refractivity contribution in [2.45, 2.75) is 161 Å². The lowest BCUT2D eigenvalue weighted by Gasteiger charge is -2.18. The normalized spacial score (nSPS) is 14.1. The first-order chi connectivity index (χ1) is 26.7. The number of allylic oxidation sites excluding steroid dienone is 15. The minimum Gasteiger partial charge on any atom is -0.462 e. The van der Waals surface area contributed by atoms with E-state index in [0.29, 0.717) is 19.3 Å². The van der Waals surface area contributed by atoms with E-state index in [1.54, 1.807) is 0 Å². The number of hydrogen-bond donors (Lipinski definition) is 3. The fourth-order valence-electron chi connectivity index (χ4n) is 5.05. The number of aliphatic hydroxyl groups is 1. The smallest absolute Gasteiger partial charge is 0.462 e. The van der Waals surface area contributed by atoms with Crippen LogP contribution in [0.4, 0.5) is 0 Å². The summed E-state index contributed by atoms with van der Waals surface area (Å²) in [6, 6.07) is 0. The maximum Gasteiger partial charge on any atom is 0.469 e. The maximum atomic E-state index is 12.4. The second-order valence-electron chi connectivity index (χ2n) is 13.5. The van der Waals surface area contributed by atoms with E-state index in [9.17, 15) is 19.3 Å². The average molecular weight is 789 g/mol. The van der Waals surface area contributed by atoms with Gasteiger partial charge in [0, 0.05) is 12.8 Å². The first-order valence-corrected chi connectivity index (χ1v) is 22.2. The molecule has 0 saturated carbocycles. The molecule has 0 heterocycles. The minimum absolute atomic E-state index is 0.103. The van der Waals surface area contributed by atoms with Crippen molar-refractivity contribution in [2.24, 2.45) is 0 Å². The van der Waals surface area contributed by atoms with Gasteiger partial charge in [-0.3, -0.25) is 14.1 Å². The zero-order valence-corrected chi connectivity index (χ0v) is 34.8. The second kappa shape index (κ2) is 39.2. The summed E-state index contributed by atoms with van der Waals surface area (Å²) in [6.45, 7) is 3.44. The quantitative estimate of drug-likeness (QED) is 0.0186.